The molecule has 5 nitrogen and oxygen atoms in total. The highest BCUT2D eigenvalue weighted by Gasteiger charge is 2.24. The molecule has 0 atom stereocenters. The van der Waals surface area contributed by atoms with E-state index in [1.54, 1.807) is 6.07 Å². The van der Waals surface area contributed by atoms with Crippen molar-refractivity contribution in [3.8, 4) is 11.1 Å². The number of hydrogen-bond acceptors (Lipinski definition) is 3. The molecular weight excluding hydrogens is 381 g/mol. The highest BCUT2D eigenvalue weighted by atomic mass is 19.1. The number of primary amides is 1. The molecule has 2 heterocycles. The third-order valence-electron chi connectivity index (χ3n) is 5.97. The molecule has 0 spiro atoms. The standard InChI is InChI=1S/C24H34FN3O2/c1-3-4-5-10-21-23(19-8-6-9-20(25)17-19)22(24(26)29)18(2)28(21)12-7-11-27-13-15-30-16-14-27/h6,8-9,17H,3-5,7,10-16H2,1-2H3,(H2,26,29). The molecule has 164 valence electrons. The summed E-state index contributed by atoms with van der Waals surface area (Å²) in [4.78, 5) is 14.8. The van der Waals surface area contributed by atoms with Crippen LogP contribution in [0.15, 0.2) is 24.3 Å². The maximum Gasteiger partial charge on any atom is 0.251 e. The van der Waals surface area contributed by atoms with Gasteiger partial charge in [0.05, 0.1) is 18.8 Å². The molecular formula is C24H34FN3O2. The van der Waals surface area contributed by atoms with E-state index in [4.69, 9.17) is 10.5 Å². The molecule has 2 aromatic rings. The third kappa shape index (κ3) is 5.29. The van der Waals surface area contributed by atoms with E-state index in [1.807, 2.05) is 13.0 Å². The lowest BCUT2D eigenvalue weighted by Gasteiger charge is -2.26. The van der Waals surface area contributed by atoms with E-state index in [0.717, 1.165) is 94.0 Å². The Bertz CT molecular complexity index is 856. The van der Waals surface area contributed by atoms with E-state index in [-0.39, 0.29) is 5.82 Å². The number of ether oxygens (including phenoxy) is 1. The zero-order valence-electron chi connectivity index (χ0n) is 18.3. The number of amides is 1. The Morgan fingerprint density at radius 1 is 1.17 bits per heavy atom. The molecule has 1 amide bonds. The average Bonchev–Trinajstić information content (AvgIpc) is 3.01. The van der Waals surface area contributed by atoms with Gasteiger partial charge in [0.1, 0.15) is 5.82 Å². The molecule has 2 N–H and O–H groups in total. The number of carbonyl (C=O) groups excluding carboxylic acids is 1. The Hall–Kier alpha value is -2.18. The molecule has 0 radical (unpaired) electrons. The molecule has 30 heavy (non-hydrogen) atoms. The predicted octanol–water partition coefficient (Wildman–Crippen LogP) is 4.16. The summed E-state index contributed by atoms with van der Waals surface area (Å²) in [7, 11) is 0. The average molecular weight is 416 g/mol. The van der Waals surface area contributed by atoms with Crippen LogP contribution in [-0.4, -0.2) is 48.2 Å². The van der Waals surface area contributed by atoms with E-state index in [1.165, 1.54) is 12.1 Å². The second kappa shape index (κ2) is 10.7. The van der Waals surface area contributed by atoms with Crippen molar-refractivity contribution in [1.29, 1.82) is 0 Å². The van der Waals surface area contributed by atoms with Crippen molar-refractivity contribution in [3.05, 3.63) is 47.0 Å². The zero-order chi connectivity index (χ0) is 21.5. The van der Waals surface area contributed by atoms with Crippen LogP contribution in [0.2, 0.25) is 0 Å². The summed E-state index contributed by atoms with van der Waals surface area (Å²) >= 11 is 0. The number of halogens is 1. The van der Waals surface area contributed by atoms with Gasteiger partial charge in [-0.2, -0.15) is 0 Å². The van der Waals surface area contributed by atoms with Crippen molar-refractivity contribution < 1.29 is 13.9 Å². The number of rotatable bonds is 10. The molecule has 0 aliphatic carbocycles. The van der Waals surface area contributed by atoms with Crippen LogP contribution in [0, 0.1) is 12.7 Å². The first-order valence-electron chi connectivity index (χ1n) is 11.1. The maximum atomic E-state index is 14.0. The molecule has 1 aliphatic heterocycles. The Labute approximate surface area is 179 Å². The first kappa shape index (κ1) is 22.5. The highest BCUT2D eigenvalue weighted by Crippen LogP contribution is 2.34. The van der Waals surface area contributed by atoms with E-state index in [2.05, 4.69) is 16.4 Å². The molecule has 0 bridgehead atoms. The fraction of sp³-hybridized carbons (Fsp3) is 0.542. The molecule has 0 unspecified atom stereocenters. The van der Waals surface area contributed by atoms with Crippen molar-refractivity contribution in [2.45, 2.75) is 52.5 Å². The van der Waals surface area contributed by atoms with Gasteiger partial charge >= 0.3 is 0 Å². The summed E-state index contributed by atoms with van der Waals surface area (Å²) in [6.07, 6.45) is 5.10. The van der Waals surface area contributed by atoms with Crippen LogP contribution in [0.1, 0.15) is 54.4 Å². The van der Waals surface area contributed by atoms with Crippen LogP contribution in [0.5, 0.6) is 0 Å². The van der Waals surface area contributed by atoms with Gasteiger partial charge in [-0.05, 0) is 43.9 Å². The summed E-state index contributed by atoms with van der Waals surface area (Å²) in [5, 5.41) is 0. The van der Waals surface area contributed by atoms with Crippen LogP contribution >= 0.6 is 0 Å². The summed E-state index contributed by atoms with van der Waals surface area (Å²) < 4.78 is 21.7. The smallest absolute Gasteiger partial charge is 0.251 e. The number of aromatic nitrogens is 1. The van der Waals surface area contributed by atoms with Gasteiger partial charge in [0, 0.05) is 43.1 Å². The van der Waals surface area contributed by atoms with Crippen molar-refractivity contribution in [2.24, 2.45) is 5.73 Å². The molecule has 3 rings (SSSR count). The number of nitrogens with two attached hydrogens (primary N) is 1. The lowest BCUT2D eigenvalue weighted by molar-refractivity contribution is 0.0369. The lowest BCUT2D eigenvalue weighted by Crippen LogP contribution is -2.37. The number of morpholine rings is 1. The number of benzene rings is 1. The van der Waals surface area contributed by atoms with Crippen LogP contribution in [0.25, 0.3) is 11.1 Å². The molecule has 6 heteroatoms. The summed E-state index contributed by atoms with van der Waals surface area (Å²) in [5.41, 5.74) is 9.85. The molecule has 1 saturated heterocycles. The minimum Gasteiger partial charge on any atom is -0.379 e. The van der Waals surface area contributed by atoms with Gasteiger partial charge in [-0.25, -0.2) is 4.39 Å². The topological polar surface area (TPSA) is 60.5 Å². The van der Waals surface area contributed by atoms with Gasteiger partial charge in [-0.1, -0.05) is 31.9 Å². The minimum absolute atomic E-state index is 0.305. The summed E-state index contributed by atoms with van der Waals surface area (Å²) in [5.74, 6) is -0.754. The normalized spacial score (nSPS) is 14.9. The van der Waals surface area contributed by atoms with Gasteiger partial charge in [0.2, 0.25) is 0 Å². The Kier molecular flexibility index (Phi) is 8.05. The van der Waals surface area contributed by atoms with Gasteiger partial charge in [-0.15, -0.1) is 0 Å². The van der Waals surface area contributed by atoms with E-state index in [9.17, 15) is 9.18 Å². The largest absolute Gasteiger partial charge is 0.379 e. The quantitative estimate of drug-likeness (QED) is 0.593. The number of unbranched alkanes of at least 4 members (excludes halogenated alkanes) is 2. The van der Waals surface area contributed by atoms with Gasteiger partial charge in [-0.3, -0.25) is 9.69 Å². The number of carbonyl (C=O) groups is 1. The molecule has 1 aromatic carbocycles. The Morgan fingerprint density at radius 2 is 1.93 bits per heavy atom. The van der Waals surface area contributed by atoms with Crippen molar-refractivity contribution in [2.75, 3.05) is 32.8 Å². The molecule has 1 fully saturated rings. The molecule has 1 aromatic heterocycles. The first-order chi connectivity index (χ1) is 14.5. The number of hydrogen-bond donors (Lipinski definition) is 1. The van der Waals surface area contributed by atoms with Crippen molar-refractivity contribution >= 4 is 5.91 Å². The number of nitrogens with zero attached hydrogens (tertiary/aromatic N) is 2. The fourth-order valence-corrected chi connectivity index (χ4v) is 4.44. The molecule has 0 saturated carbocycles. The van der Waals surface area contributed by atoms with Crippen LogP contribution in [0.3, 0.4) is 0 Å². The fourth-order valence-electron chi connectivity index (χ4n) is 4.44. The van der Waals surface area contributed by atoms with E-state index >= 15 is 0 Å². The summed E-state index contributed by atoms with van der Waals surface area (Å²) in [6.45, 7) is 9.47. The maximum absolute atomic E-state index is 14.0. The van der Waals surface area contributed by atoms with E-state index in [0.29, 0.717) is 5.56 Å². The first-order valence-corrected chi connectivity index (χ1v) is 11.1. The highest BCUT2D eigenvalue weighted by molar-refractivity contribution is 6.02. The van der Waals surface area contributed by atoms with Crippen LogP contribution in [0.4, 0.5) is 4.39 Å². The van der Waals surface area contributed by atoms with Crippen molar-refractivity contribution in [3.63, 3.8) is 0 Å². The Balaban J connectivity index is 1.94. The predicted molar refractivity (Wildman–Crippen MR) is 118 cm³/mol. The van der Waals surface area contributed by atoms with Crippen LogP contribution < -0.4 is 5.73 Å². The second-order valence-electron chi connectivity index (χ2n) is 8.07. The SMILES string of the molecule is CCCCCc1c(-c2cccc(F)c2)c(C(N)=O)c(C)n1CCCN1CCOCC1. The third-order valence-corrected chi connectivity index (χ3v) is 5.97. The monoisotopic (exact) mass is 415 g/mol. The zero-order valence-corrected chi connectivity index (χ0v) is 18.3. The van der Waals surface area contributed by atoms with Gasteiger partial charge < -0.3 is 15.0 Å². The summed E-state index contributed by atoms with van der Waals surface area (Å²) in [6, 6.07) is 6.49. The van der Waals surface area contributed by atoms with Crippen LogP contribution in [-0.2, 0) is 17.7 Å². The lowest BCUT2D eigenvalue weighted by atomic mass is 9.97. The minimum atomic E-state index is -0.449. The Morgan fingerprint density at radius 3 is 2.60 bits per heavy atom. The molecule has 1 aliphatic rings. The van der Waals surface area contributed by atoms with Crippen molar-refractivity contribution in [1.82, 2.24) is 9.47 Å². The van der Waals surface area contributed by atoms with E-state index < -0.39 is 5.91 Å². The second-order valence-corrected chi connectivity index (χ2v) is 8.07. The van der Waals surface area contributed by atoms with Gasteiger partial charge in [0.25, 0.3) is 5.91 Å². The van der Waals surface area contributed by atoms with Gasteiger partial charge in [0.15, 0.2) is 0 Å².